The number of carbonyl (C=O) groups excluding carboxylic acids is 2. The number of anilines is 2. The fourth-order valence-electron chi connectivity index (χ4n) is 2.66. The summed E-state index contributed by atoms with van der Waals surface area (Å²) in [6.45, 7) is 3.75. The smallest absolute Gasteiger partial charge is 0.319 e. The average Bonchev–Trinajstić information content (AvgIpc) is 2.67. The minimum Gasteiger partial charge on any atom is -0.497 e. The van der Waals surface area contributed by atoms with Crippen LogP contribution in [0.15, 0.2) is 42.5 Å². The van der Waals surface area contributed by atoms with Crippen molar-refractivity contribution in [3.63, 3.8) is 0 Å². The van der Waals surface area contributed by atoms with Crippen LogP contribution in [-0.2, 0) is 11.2 Å². The first-order chi connectivity index (χ1) is 13.4. The molecular weight excluding hydrogens is 358 g/mol. The van der Waals surface area contributed by atoms with Crippen molar-refractivity contribution < 1.29 is 19.1 Å². The molecule has 0 bridgehead atoms. The zero-order chi connectivity index (χ0) is 20.5. The molecule has 0 unspecified atom stereocenters. The number of methoxy groups -OCH3 is 2. The molecule has 0 aromatic heterocycles. The van der Waals surface area contributed by atoms with Crippen molar-refractivity contribution in [2.45, 2.75) is 32.7 Å². The van der Waals surface area contributed by atoms with Crippen LogP contribution >= 0.6 is 0 Å². The summed E-state index contributed by atoms with van der Waals surface area (Å²) < 4.78 is 10.6. The van der Waals surface area contributed by atoms with Crippen molar-refractivity contribution in [2.24, 2.45) is 0 Å². The molecule has 0 spiro atoms. The molecule has 2 aromatic carbocycles. The molecule has 28 heavy (non-hydrogen) atoms. The first-order valence-corrected chi connectivity index (χ1v) is 9.10. The minimum atomic E-state index is -0.321. The van der Waals surface area contributed by atoms with Gasteiger partial charge in [-0.25, -0.2) is 4.79 Å². The number of hydrogen-bond donors (Lipinski definition) is 3. The van der Waals surface area contributed by atoms with Crippen LogP contribution in [0.25, 0.3) is 0 Å². The van der Waals surface area contributed by atoms with Gasteiger partial charge in [0.05, 0.1) is 25.6 Å². The van der Waals surface area contributed by atoms with E-state index in [1.165, 1.54) is 0 Å². The Labute approximate surface area is 165 Å². The highest BCUT2D eigenvalue weighted by atomic mass is 16.5. The van der Waals surface area contributed by atoms with E-state index in [4.69, 9.17) is 9.47 Å². The second-order valence-corrected chi connectivity index (χ2v) is 6.52. The maximum Gasteiger partial charge on any atom is 0.319 e. The number of rotatable bonds is 8. The lowest BCUT2D eigenvalue weighted by Crippen LogP contribution is -2.34. The van der Waals surface area contributed by atoms with E-state index in [2.05, 4.69) is 16.0 Å². The molecule has 3 N–H and O–H groups in total. The molecule has 0 saturated carbocycles. The van der Waals surface area contributed by atoms with Crippen molar-refractivity contribution in [3.8, 4) is 11.5 Å². The molecule has 0 saturated heterocycles. The highest BCUT2D eigenvalue weighted by Gasteiger charge is 2.12. The van der Waals surface area contributed by atoms with Gasteiger partial charge in [0, 0.05) is 12.5 Å². The molecule has 7 heteroatoms. The lowest BCUT2D eigenvalue weighted by molar-refractivity contribution is -0.116. The first kappa shape index (κ1) is 21.1. The first-order valence-electron chi connectivity index (χ1n) is 9.10. The SMILES string of the molecule is COc1ccc(OC)c(CCC(=O)Nc2ccccc2NC(=O)NC(C)C)c1. The Morgan fingerprint density at radius 1 is 0.964 bits per heavy atom. The van der Waals surface area contributed by atoms with Crippen molar-refractivity contribution in [2.75, 3.05) is 24.9 Å². The molecule has 0 atom stereocenters. The van der Waals surface area contributed by atoms with Gasteiger partial charge in [-0.05, 0) is 56.2 Å². The number of carbonyl (C=O) groups is 2. The Kier molecular flexibility index (Phi) is 7.68. The van der Waals surface area contributed by atoms with E-state index in [9.17, 15) is 9.59 Å². The Morgan fingerprint density at radius 3 is 2.25 bits per heavy atom. The fraction of sp³-hybridized carbons (Fsp3) is 0.333. The van der Waals surface area contributed by atoms with Crippen molar-refractivity contribution in [3.05, 3.63) is 48.0 Å². The van der Waals surface area contributed by atoms with Crippen LogP contribution in [0.3, 0.4) is 0 Å². The molecule has 150 valence electrons. The lowest BCUT2D eigenvalue weighted by Gasteiger charge is -2.14. The van der Waals surface area contributed by atoms with Crippen LogP contribution in [0.5, 0.6) is 11.5 Å². The summed E-state index contributed by atoms with van der Waals surface area (Å²) in [7, 11) is 3.19. The summed E-state index contributed by atoms with van der Waals surface area (Å²) in [5.74, 6) is 1.26. The van der Waals surface area contributed by atoms with Gasteiger partial charge < -0.3 is 25.4 Å². The molecule has 0 radical (unpaired) electrons. The largest absolute Gasteiger partial charge is 0.497 e. The molecule has 0 aliphatic rings. The van der Waals surface area contributed by atoms with E-state index < -0.39 is 0 Å². The van der Waals surface area contributed by atoms with Gasteiger partial charge in [-0.3, -0.25) is 4.79 Å². The zero-order valence-corrected chi connectivity index (χ0v) is 16.7. The number of nitrogens with one attached hydrogen (secondary N) is 3. The average molecular weight is 385 g/mol. The van der Waals surface area contributed by atoms with Crippen LogP contribution in [0.1, 0.15) is 25.8 Å². The number of aryl methyl sites for hydroxylation is 1. The molecule has 0 heterocycles. The van der Waals surface area contributed by atoms with Gasteiger partial charge in [0.25, 0.3) is 0 Å². The predicted molar refractivity (Wildman–Crippen MR) is 110 cm³/mol. The van der Waals surface area contributed by atoms with E-state index in [1.807, 2.05) is 32.0 Å². The fourth-order valence-corrected chi connectivity index (χ4v) is 2.66. The Hall–Kier alpha value is -3.22. The number of para-hydroxylation sites is 2. The third-order valence-corrected chi connectivity index (χ3v) is 3.98. The van der Waals surface area contributed by atoms with Gasteiger partial charge in [0.15, 0.2) is 0 Å². The van der Waals surface area contributed by atoms with E-state index in [0.29, 0.717) is 29.3 Å². The molecule has 0 aliphatic carbocycles. The minimum absolute atomic E-state index is 0.0135. The number of benzene rings is 2. The summed E-state index contributed by atoms with van der Waals surface area (Å²) in [5, 5.41) is 8.36. The molecule has 0 aliphatic heterocycles. The molecule has 2 aromatic rings. The quantitative estimate of drug-likeness (QED) is 0.645. The van der Waals surface area contributed by atoms with Crippen molar-refractivity contribution in [1.29, 1.82) is 0 Å². The van der Waals surface area contributed by atoms with Gasteiger partial charge in [0.1, 0.15) is 11.5 Å². The lowest BCUT2D eigenvalue weighted by atomic mass is 10.1. The van der Waals surface area contributed by atoms with E-state index in [0.717, 1.165) is 5.56 Å². The molecule has 7 nitrogen and oxygen atoms in total. The molecule has 0 fully saturated rings. The van der Waals surface area contributed by atoms with Gasteiger partial charge in [-0.2, -0.15) is 0 Å². The van der Waals surface area contributed by atoms with Crippen LogP contribution in [0.4, 0.5) is 16.2 Å². The summed E-state index contributed by atoms with van der Waals surface area (Å²) in [5.41, 5.74) is 1.97. The predicted octanol–water partition coefficient (Wildman–Crippen LogP) is 3.81. The molecule has 3 amide bonds. The monoisotopic (exact) mass is 385 g/mol. The second kappa shape index (κ2) is 10.2. The second-order valence-electron chi connectivity index (χ2n) is 6.52. The molecule has 2 rings (SSSR count). The van der Waals surface area contributed by atoms with Crippen LogP contribution in [-0.4, -0.2) is 32.2 Å². The third kappa shape index (κ3) is 6.19. The van der Waals surface area contributed by atoms with Crippen molar-refractivity contribution in [1.82, 2.24) is 5.32 Å². The maximum absolute atomic E-state index is 12.4. The van der Waals surface area contributed by atoms with Gasteiger partial charge in [-0.1, -0.05) is 12.1 Å². The standard InChI is InChI=1S/C21H27N3O4/c1-14(2)22-21(26)24-18-8-6-5-7-17(18)23-20(25)12-9-15-13-16(27-3)10-11-19(15)28-4/h5-8,10-11,13-14H,9,12H2,1-4H3,(H,23,25)(H2,22,24,26). The normalized spacial score (nSPS) is 10.3. The topological polar surface area (TPSA) is 88.7 Å². The summed E-state index contributed by atoms with van der Waals surface area (Å²) >= 11 is 0. The highest BCUT2D eigenvalue weighted by Crippen LogP contribution is 2.26. The van der Waals surface area contributed by atoms with E-state index >= 15 is 0 Å². The molecular formula is C21H27N3O4. The van der Waals surface area contributed by atoms with E-state index in [1.54, 1.807) is 38.5 Å². The number of hydrogen-bond acceptors (Lipinski definition) is 4. The summed E-state index contributed by atoms with van der Waals surface area (Å²) in [6.07, 6.45) is 0.756. The van der Waals surface area contributed by atoms with Gasteiger partial charge >= 0.3 is 6.03 Å². The highest BCUT2D eigenvalue weighted by molar-refractivity contribution is 5.99. The van der Waals surface area contributed by atoms with Crippen LogP contribution in [0.2, 0.25) is 0 Å². The van der Waals surface area contributed by atoms with E-state index in [-0.39, 0.29) is 24.4 Å². The Bertz CT molecular complexity index is 821. The van der Waals surface area contributed by atoms with Crippen LogP contribution in [0, 0.1) is 0 Å². The zero-order valence-electron chi connectivity index (χ0n) is 16.7. The van der Waals surface area contributed by atoms with Crippen molar-refractivity contribution >= 4 is 23.3 Å². The Balaban J connectivity index is 2.01. The number of urea groups is 1. The number of amides is 3. The Morgan fingerprint density at radius 2 is 1.64 bits per heavy atom. The van der Waals surface area contributed by atoms with Crippen LogP contribution < -0.4 is 25.4 Å². The third-order valence-electron chi connectivity index (χ3n) is 3.98. The number of ether oxygens (including phenoxy) is 2. The van der Waals surface area contributed by atoms with Gasteiger partial charge in [-0.15, -0.1) is 0 Å². The van der Waals surface area contributed by atoms with Gasteiger partial charge in [0.2, 0.25) is 5.91 Å². The summed E-state index contributed by atoms with van der Waals surface area (Å²) in [6, 6.07) is 12.3. The summed E-state index contributed by atoms with van der Waals surface area (Å²) in [4.78, 5) is 24.4. The maximum atomic E-state index is 12.4.